The predicted molar refractivity (Wildman–Crippen MR) is 39.3 cm³/mol. The van der Waals surface area contributed by atoms with Crippen LogP contribution in [0.2, 0.25) is 0 Å². The Hall–Kier alpha value is 1.97. The van der Waals surface area contributed by atoms with Crippen LogP contribution >= 0.6 is 0 Å². The van der Waals surface area contributed by atoms with Gasteiger partial charge in [-0.2, -0.15) is 0 Å². The maximum atomic E-state index is 3.51. The summed E-state index contributed by atoms with van der Waals surface area (Å²) in [4.78, 5) is 0. The summed E-state index contributed by atoms with van der Waals surface area (Å²) >= 11 is 0. The van der Waals surface area contributed by atoms with Gasteiger partial charge < -0.3 is 18.1 Å². The standard InChI is InChI=1S/C6H12N2.CH3.Cs/c1-2-6(1)5-7-3-4-8-6;;/h7-8H,1-5H2;1H3;/q;-1;+1. The molecule has 54 valence electrons. The summed E-state index contributed by atoms with van der Waals surface area (Å²) in [5.41, 5.74) is 0.568. The Bertz CT molecular complexity index is 93.8. The van der Waals surface area contributed by atoms with Gasteiger partial charge in [-0.05, 0) is 12.8 Å². The molecule has 2 N–H and O–H groups in total. The molecule has 1 saturated heterocycles. The zero-order chi connectivity index (χ0) is 5.45. The molecule has 0 atom stereocenters. The van der Waals surface area contributed by atoms with Crippen molar-refractivity contribution in [2.45, 2.75) is 18.4 Å². The second kappa shape index (κ2) is 4.87. The summed E-state index contributed by atoms with van der Waals surface area (Å²) in [5, 5.41) is 6.88. The van der Waals surface area contributed by atoms with Gasteiger partial charge in [0.2, 0.25) is 0 Å². The van der Waals surface area contributed by atoms with E-state index in [9.17, 15) is 0 Å². The molecule has 10 heavy (non-hydrogen) atoms. The molecule has 0 aromatic heterocycles. The number of nitrogens with one attached hydrogen (secondary N) is 2. The van der Waals surface area contributed by atoms with E-state index < -0.39 is 0 Å². The number of rotatable bonds is 0. The van der Waals surface area contributed by atoms with Gasteiger partial charge in [0.1, 0.15) is 0 Å². The fourth-order valence-electron chi connectivity index (χ4n) is 1.31. The van der Waals surface area contributed by atoms with E-state index in [2.05, 4.69) is 10.6 Å². The van der Waals surface area contributed by atoms with Crippen molar-refractivity contribution in [2.75, 3.05) is 19.6 Å². The van der Waals surface area contributed by atoms with Crippen LogP contribution in [0.25, 0.3) is 0 Å². The summed E-state index contributed by atoms with van der Waals surface area (Å²) in [5.74, 6) is 0. The van der Waals surface area contributed by atoms with Gasteiger partial charge in [-0.1, -0.05) is 0 Å². The second-order valence-electron chi connectivity index (χ2n) is 2.88. The van der Waals surface area contributed by atoms with Crippen LogP contribution in [0.4, 0.5) is 0 Å². The third-order valence-corrected chi connectivity index (χ3v) is 2.12. The van der Waals surface area contributed by atoms with E-state index >= 15 is 0 Å². The van der Waals surface area contributed by atoms with E-state index in [1.165, 1.54) is 25.9 Å². The monoisotopic (exact) mass is 260 g/mol. The van der Waals surface area contributed by atoms with Crippen molar-refractivity contribution in [2.24, 2.45) is 0 Å². The predicted octanol–water partition coefficient (Wildman–Crippen LogP) is -2.83. The van der Waals surface area contributed by atoms with Crippen molar-refractivity contribution in [3.8, 4) is 0 Å². The van der Waals surface area contributed by atoms with Crippen LogP contribution < -0.4 is 79.5 Å². The molecular weight excluding hydrogens is 245 g/mol. The molecule has 2 aliphatic rings. The first-order valence-electron chi connectivity index (χ1n) is 3.37. The molecule has 3 heteroatoms. The summed E-state index contributed by atoms with van der Waals surface area (Å²) < 4.78 is 0. The molecule has 0 unspecified atom stereocenters. The number of piperazine rings is 1. The fraction of sp³-hybridized carbons (Fsp3) is 0.857. The molecule has 1 heterocycles. The van der Waals surface area contributed by atoms with Gasteiger partial charge in [0.05, 0.1) is 0 Å². The summed E-state index contributed by atoms with van der Waals surface area (Å²) in [6.07, 6.45) is 2.78. The van der Waals surface area contributed by atoms with Crippen molar-refractivity contribution < 1.29 is 68.9 Å². The van der Waals surface area contributed by atoms with Gasteiger partial charge in [0.25, 0.3) is 0 Å². The van der Waals surface area contributed by atoms with E-state index in [0.717, 1.165) is 6.54 Å². The first-order chi connectivity index (χ1) is 3.91. The molecule has 0 aromatic rings. The number of hydrogen-bond donors (Lipinski definition) is 2. The Kier molecular flexibility index (Phi) is 5.83. The van der Waals surface area contributed by atoms with Gasteiger partial charge in [-0.3, -0.25) is 0 Å². The van der Waals surface area contributed by atoms with E-state index in [1.807, 2.05) is 0 Å². The summed E-state index contributed by atoms with van der Waals surface area (Å²) in [6, 6.07) is 0. The maximum Gasteiger partial charge on any atom is 1.00 e. The van der Waals surface area contributed by atoms with Crippen molar-refractivity contribution >= 4 is 0 Å². The quantitative estimate of drug-likeness (QED) is 0.459. The van der Waals surface area contributed by atoms with Crippen LogP contribution in [0.15, 0.2) is 0 Å². The first kappa shape index (κ1) is 12.0. The minimum absolute atomic E-state index is 0. The van der Waals surface area contributed by atoms with Gasteiger partial charge in [0.15, 0.2) is 0 Å². The SMILES string of the molecule is C1CNC2(CC2)CN1.[CH3-].[Cs+]. The minimum Gasteiger partial charge on any atom is -0.358 e. The summed E-state index contributed by atoms with van der Waals surface area (Å²) in [7, 11) is 0. The van der Waals surface area contributed by atoms with E-state index in [0.29, 0.717) is 5.54 Å². The molecular formula is C7H15CsN2. The average Bonchev–Trinajstić information content (AvgIpc) is 2.52. The zero-order valence-electron chi connectivity index (χ0n) is 7.04. The van der Waals surface area contributed by atoms with E-state index in [1.54, 1.807) is 0 Å². The molecule has 1 saturated carbocycles. The normalized spacial score (nSPS) is 26.4. The minimum atomic E-state index is 0. The Morgan fingerprint density at radius 3 is 2.10 bits per heavy atom. The molecule has 2 nitrogen and oxygen atoms in total. The molecule has 0 aromatic carbocycles. The largest absolute Gasteiger partial charge is 1.00 e. The molecule has 1 spiro atoms. The molecule has 0 amide bonds. The maximum absolute atomic E-state index is 3.51. The Labute approximate surface area is 122 Å². The average molecular weight is 260 g/mol. The van der Waals surface area contributed by atoms with Crippen molar-refractivity contribution in [3.05, 3.63) is 7.43 Å². The topological polar surface area (TPSA) is 24.1 Å². The van der Waals surface area contributed by atoms with Crippen molar-refractivity contribution in [3.63, 3.8) is 0 Å². The van der Waals surface area contributed by atoms with Crippen LogP contribution in [-0.4, -0.2) is 25.2 Å². The van der Waals surface area contributed by atoms with Crippen LogP contribution in [0.3, 0.4) is 0 Å². The third kappa shape index (κ3) is 2.79. The summed E-state index contributed by atoms with van der Waals surface area (Å²) in [6.45, 7) is 3.52. The molecule has 2 fully saturated rings. The molecule has 1 aliphatic carbocycles. The third-order valence-electron chi connectivity index (χ3n) is 2.12. The van der Waals surface area contributed by atoms with Gasteiger partial charge >= 0.3 is 68.9 Å². The Morgan fingerprint density at radius 1 is 1.10 bits per heavy atom. The molecule has 1 aliphatic heterocycles. The van der Waals surface area contributed by atoms with Gasteiger partial charge in [-0.25, -0.2) is 0 Å². The van der Waals surface area contributed by atoms with Crippen LogP contribution in [0, 0.1) is 7.43 Å². The Balaban J connectivity index is 0.000000405. The van der Waals surface area contributed by atoms with Crippen LogP contribution in [-0.2, 0) is 0 Å². The second-order valence-corrected chi connectivity index (χ2v) is 2.88. The van der Waals surface area contributed by atoms with E-state index in [-0.39, 0.29) is 76.3 Å². The smallest absolute Gasteiger partial charge is 0.358 e. The van der Waals surface area contributed by atoms with Crippen LogP contribution in [0.1, 0.15) is 12.8 Å². The van der Waals surface area contributed by atoms with Gasteiger partial charge in [0, 0.05) is 25.2 Å². The molecule has 0 radical (unpaired) electrons. The van der Waals surface area contributed by atoms with Crippen molar-refractivity contribution in [1.82, 2.24) is 10.6 Å². The van der Waals surface area contributed by atoms with E-state index in [4.69, 9.17) is 0 Å². The molecule has 0 bridgehead atoms. The fourth-order valence-corrected chi connectivity index (χ4v) is 1.31. The zero-order valence-corrected chi connectivity index (χ0v) is 13.3. The van der Waals surface area contributed by atoms with Gasteiger partial charge in [-0.15, -0.1) is 0 Å². The number of hydrogen-bond acceptors (Lipinski definition) is 2. The Morgan fingerprint density at radius 2 is 1.80 bits per heavy atom. The first-order valence-corrected chi connectivity index (χ1v) is 3.37. The van der Waals surface area contributed by atoms with Crippen LogP contribution in [0.5, 0.6) is 0 Å². The van der Waals surface area contributed by atoms with Crippen molar-refractivity contribution in [1.29, 1.82) is 0 Å². The molecule has 2 rings (SSSR count).